The van der Waals surface area contributed by atoms with Crippen LogP contribution in [0.25, 0.3) is 12.2 Å². The molecule has 0 bridgehead atoms. The average Bonchev–Trinajstić information content (AvgIpc) is 3.87. The summed E-state index contributed by atoms with van der Waals surface area (Å²) in [5.74, 6) is 0.408. The first kappa shape index (κ1) is 48.9. The molecule has 4 aliphatic heterocycles. The smallest absolute Gasteiger partial charge is 0.532 e. The van der Waals surface area contributed by atoms with Crippen molar-refractivity contribution in [1.29, 1.82) is 10.5 Å². The van der Waals surface area contributed by atoms with Crippen LogP contribution in [0.3, 0.4) is 0 Å². The first-order valence-electron chi connectivity index (χ1n) is 20.4. The Labute approximate surface area is 381 Å². The summed E-state index contributed by atoms with van der Waals surface area (Å²) in [6.07, 6.45) is 8.19. The number of nitrogens with one attached hydrogen (secondary N) is 1. The highest BCUT2D eigenvalue weighted by molar-refractivity contribution is 9.10. The van der Waals surface area contributed by atoms with Crippen LogP contribution in [0, 0.1) is 46.3 Å². The van der Waals surface area contributed by atoms with Crippen LogP contribution in [0.1, 0.15) is 91.9 Å². The highest BCUT2D eigenvalue weighted by Gasteiger charge is 2.33. The Bertz CT molecular complexity index is 2480. The quantitative estimate of drug-likeness (QED) is 0.119. The van der Waals surface area contributed by atoms with Crippen LogP contribution < -0.4 is 31.8 Å². The number of benzene rings is 2. The summed E-state index contributed by atoms with van der Waals surface area (Å²) < 4.78 is 25.9. The van der Waals surface area contributed by atoms with Gasteiger partial charge in [-0.25, -0.2) is 0 Å². The fourth-order valence-corrected chi connectivity index (χ4v) is 7.75. The number of allylic oxidation sites excluding steroid dienone is 2. The number of hydrogen-bond acceptors (Lipinski definition) is 14. The number of nitriles is 2. The molecule has 2 unspecified atom stereocenters. The maximum absolute atomic E-state index is 12.0. The number of amides is 2. The zero-order chi connectivity index (χ0) is 45.5. The molecule has 21 heteroatoms. The van der Waals surface area contributed by atoms with Crippen LogP contribution in [0.15, 0.2) is 64.2 Å². The standard InChI is InChI=1S/C21H24BN5O4.C11H12BBrO2.C10H13N5O2.CH4/c1-12(2)17-8-14-7-15(3-4-19(14)31-22(17)29)25-21-16(20(24)28)10-27(26-21)18-11-30-6-5-13(18)9-23;1-7(2)10-6-8-5-9(13)3-4-11(8)15-12(10)14;11-3-6-1-2-17-5-8(6)15-4-7(10(13)16)9(12)14-15;/h3-4,7-8,10,12-13,18,29H,5-6,11H2,1-2H3,(H2,24,28)(H,25,26);3-7,14H,1-2H3;4,6,8H,1-2,5H2,(H2,12,14)(H2,13,16);1H4/t13-,18?;;6-,8?;/m1.1./s1. The van der Waals surface area contributed by atoms with Crippen LogP contribution >= 0.6 is 15.9 Å². The van der Waals surface area contributed by atoms with E-state index in [1.807, 2.05) is 64.1 Å². The maximum Gasteiger partial charge on any atom is 0.556 e. The second-order valence-electron chi connectivity index (χ2n) is 15.9. The predicted octanol–water partition coefficient (Wildman–Crippen LogP) is 5.48. The minimum Gasteiger partial charge on any atom is -0.532 e. The fourth-order valence-electron chi connectivity index (χ4n) is 7.37. The number of fused-ring (bicyclic) bond motifs is 2. The van der Waals surface area contributed by atoms with Gasteiger partial charge in [0.05, 0.1) is 49.3 Å². The van der Waals surface area contributed by atoms with Gasteiger partial charge in [-0.15, -0.1) is 0 Å². The van der Waals surface area contributed by atoms with Gasteiger partial charge in [-0.3, -0.25) is 19.0 Å². The number of hydrogen-bond donors (Lipinski definition) is 6. The van der Waals surface area contributed by atoms with E-state index in [1.54, 1.807) is 23.0 Å². The van der Waals surface area contributed by atoms with E-state index in [1.165, 1.54) is 10.9 Å². The molecule has 2 aromatic heterocycles. The molecule has 0 saturated carbocycles. The van der Waals surface area contributed by atoms with E-state index in [9.17, 15) is 24.9 Å². The summed E-state index contributed by atoms with van der Waals surface area (Å²) in [4.78, 5) is 23.1. The summed E-state index contributed by atoms with van der Waals surface area (Å²) >= 11 is 3.42. The second kappa shape index (κ2) is 21.5. The van der Waals surface area contributed by atoms with Crippen LogP contribution in [-0.2, 0) is 9.47 Å². The molecule has 336 valence electrons. The number of nitrogen functional groups attached to an aromatic ring is 1. The van der Waals surface area contributed by atoms with Crippen molar-refractivity contribution < 1.29 is 38.4 Å². The summed E-state index contributed by atoms with van der Waals surface area (Å²) in [6, 6.07) is 15.1. The molecule has 4 aromatic rings. The number of nitrogens with zero attached hydrogens (tertiary/aromatic N) is 6. The lowest BCUT2D eigenvalue weighted by atomic mass is 9.70. The highest BCUT2D eigenvalue weighted by Crippen LogP contribution is 2.35. The van der Waals surface area contributed by atoms with Gasteiger partial charge < -0.3 is 51.3 Å². The number of carbonyl (C=O) groups excluding carboxylic acids is 2. The van der Waals surface area contributed by atoms with E-state index in [-0.39, 0.29) is 60.1 Å². The third-order valence-electron chi connectivity index (χ3n) is 11.0. The zero-order valence-electron chi connectivity index (χ0n) is 35.3. The van der Waals surface area contributed by atoms with Crippen LogP contribution in [-0.4, -0.2) is 82.1 Å². The Morgan fingerprint density at radius 2 is 1.30 bits per heavy atom. The normalized spacial score (nSPS) is 19.8. The minimum atomic E-state index is -0.964. The SMILES string of the molecule is C.CC(C)C1=Cc2cc(Br)ccc2OB1O.CC(C)C1=Cc2cc(Nc3nn(C4COCC[C@@H]4C#N)cc3C(N)=O)ccc2OB1O.N#C[C@H]1CCOCC1n1cc(C(N)=O)c(N)n1. The molecule has 2 fully saturated rings. The number of halogens is 1. The van der Waals surface area contributed by atoms with E-state index < -0.39 is 26.1 Å². The zero-order valence-corrected chi connectivity index (χ0v) is 36.9. The minimum absolute atomic E-state index is 0. The molecular weight excluding hydrogens is 886 g/mol. The topological polar surface area (TPSA) is 285 Å². The van der Waals surface area contributed by atoms with Gasteiger partial charge in [0.1, 0.15) is 22.6 Å². The lowest BCUT2D eigenvalue weighted by Crippen LogP contribution is -2.30. The molecular formula is C43H53B2BrN10O8. The lowest BCUT2D eigenvalue weighted by molar-refractivity contribution is 0.0341. The van der Waals surface area contributed by atoms with Crippen molar-refractivity contribution in [2.45, 2.75) is 60.0 Å². The number of ether oxygens (including phenoxy) is 2. The third kappa shape index (κ3) is 11.3. The van der Waals surface area contributed by atoms with Gasteiger partial charge in [-0.1, -0.05) is 63.2 Å². The van der Waals surface area contributed by atoms with E-state index in [2.05, 4.69) is 43.6 Å². The van der Waals surface area contributed by atoms with Gasteiger partial charge in [-0.2, -0.15) is 20.7 Å². The number of carbonyl (C=O) groups is 2. The molecule has 6 heterocycles. The van der Waals surface area contributed by atoms with E-state index >= 15 is 0 Å². The van der Waals surface area contributed by atoms with Crippen molar-refractivity contribution in [2.24, 2.45) is 35.1 Å². The van der Waals surface area contributed by atoms with Crippen molar-refractivity contribution in [3.8, 4) is 23.6 Å². The Kier molecular flexibility index (Phi) is 16.5. The van der Waals surface area contributed by atoms with Gasteiger partial charge in [0, 0.05) is 46.9 Å². The number of rotatable bonds is 8. The Balaban J connectivity index is 0.000000197. The maximum atomic E-state index is 12.0. The first-order valence-corrected chi connectivity index (χ1v) is 21.2. The predicted molar refractivity (Wildman–Crippen MR) is 246 cm³/mol. The number of anilines is 3. The first-order chi connectivity index (χ1) is 30.1. The van der Waals surface area contributed by atoms with Crippen molar-refractivity contribution in [3.05, 3.63) is 86.5 Å². The highest BCUT2D eigenvalue weighted by atomic mass is 79.9. The third-order valence-corrected chi connectivity index (χ3v) is 11.4. The molecule has 2 saturated heterocycles. The summed E-state index contributed by atoms with van der Waals surface area (Å²) in [5, 5.41) is 50.1. The molecule has 8 rings (SSSR count). The van der Waals surface area contributed by atoms with Crippen molar-refractivity contribution >= 4 is 71.5 Å². The molecule has 0 aliphatic carbocycles. The van der Waals surface area contributed by atoms with Crippen molar-refractivity contribution in [2.75, 3.05) is 37.5 Å². The van der Waals surface area contributed by atoms with Gasteiger partial charge in [0.25, 0.3) is 11.8 Å². The molecule has 2 aromatic carbocycles. The van der Waals surface area contributed by atoms with Crippen LogP contribution in [0.2, 0.25) is 0 Å². The van der Waals surface area contributed by atoms with E-state index in [4.69, 9.17) is 41.2 Å². The largest absolute Gasteiger partial charge is 0.556 e. The van der Waals surface area contributed by atoms with Crippen molar-refractivity contribution in [1.82, 2.24) is 19.6 Å². The summed E-state index contributed by atoms with van der Waals surface area (Å²) in [6.45, 7) is 9.89. The molecule has 9 N–H and O–H groups in total. The van der Waals surface area contributed by atoms with Gasteiger partial charge in [-0.05, 0) is 72.0 Å². The Morgan fingerprint density at radius 1 is 0.812 bits per heavy atom. The average molecular weight is 939 g/mol. The van der Waals surface area contributed by atoms with Crippen molar-refractivity contribution in [3.63, 3.8) is 0 Å². The van der Waals surface area contributed by atoms with Gasteiger partial charge in [0.2, 0.25) is 0 Å². The molecule has 4 aliphatic rings. The molecule has 0 spiro atoms. The number of aromatic nitrogens is 4. The second-order valence-corrected chi connectivity index (χ2v) is 16.9. The van der Waals surface area contributed by atoms with Gasteiger partial charge >= 0.3 is 14.2 Å². The van der Waals surface area contributed by atoms with Gasteiger partial charge in [0.15, 0.2) is 11.6 Å². The van der Waals surface area contributed by atoms with Crippen LogP contribution in [0.4, 0.5) is 17.3 Å². The summed E-state index contributed by atoms with van der Waals surface area (Å²) in [5.41, 5.74) is 20.9. The number of primary amides is 2. The van der Waals surface area contributed by atoms with Crippen LogP contribution in [0.5, 0.6) is 11.5 Å². The summed E-state index contributed by atoms with van der Waals surface area (Å²) in [7, 11) is -1.77. The molecule has 18 nitrogen and oxygen atoms in total. The molecule has 2 amide bonds. The van der Waals surface area contributed by atoms with E-state index in [0.717, 1.165) is 32.3 Å². The molecule has 0 radical (unpaired) electrons. The monoisotopic (exact) mass is 938 g/mol. The van der Waals surface area contributed by atoms with E-state index in [0.29, 0.717) is 56.5 Å². The molecule has 64 heavy (non-hydrogen) atoms. The Morgan fingerprint density at radius 3 is 1.78 bits per heavy atom. The number of nitrogens with two attached hydrogens (primary N) is 3. The lowest BCUT2D eigenvalue weighted by Gasteiger charge is -2.27. The fraction of sp³-hybridized carbons (Fsp3) is 0.395. The Hall–Kier alpha value is -6.09. The molecule has 4 atom stereocenters.